The highest BCUT2D eigenvalue weighted by atomic mass is 32.2. The van der Waals surface area contributed by atoms with Gasteiger partial charge in [0.05, 0.1) is 23.1 Å². The summed E-state index contributed by atoms with van der Waals surface area (Å²) in [5, 5.41) is 20.8. The van der Waals surface area contributed by atoms with Crippen molar-refractivity contribution in [1.82, 2.24) is 9.21 Å². The molecule has 2 saturated heterocycles. The number of nitrogens with zero attached hydrogens (tertiary/aromatic N) is 2. The van der Waals surface area contributed by atoms with Crippen molar-refractivity contribution < 1.29 is 33.0 Å². The maximum absolute atomic E-state index is 13.0. The molecule has 0 saturated carbocycles. The number of Topliss-reactive ketones (excluding diaryl/α,β-unsaturated/α-hetero) is 1. The maximum atomic E-state index is 13.0. The second-order valence-electron chi connectivity index (χ2n) is 8.57. The Balaban J connectivity index is 1.73. The molecule has 2 aliphatic rings. The molecule has 186 valence electrons. The van der Waals surface area contributed by atoms with E-state index >= 15 is 0 Å². The number of sulfonamides is 1. The lowest BCUT2D eigenvalue weighted by molar-refractivity contribution is -0.140. The number of aliphatic hydroxyl groups is 1. The van der Waals surface area contributed by atoms with E-state index in [2.05, 4.69) is 0 Å². The molecule has 1 amide bonds. The molecule has 2 heterocycles. The van der Waals surface area contributed by atoms with Gasteiger partial charge in [-0.3, -0.25) is 9.59 Å². The molecular formula is C25H28N2O7S. The number of hydrogen-bond acceptors (Lipinski definition) is 7. The lowest BCUT2D eigenvalue weighted by atomic mass is 9.95. The fraction of sp³-hybridized carbons (Fsp3) is 0.360. The van der Waals surface area contributed by atoms with Crippen LogP contribution in [0.25, 0.3) is 5.76 Å². The van der Waals surface area contributed by atoms with Crippen molar-refractivity contribution in [1.29, 1.82) is 0 Å². The number of carbonyl (C=O) groups is 2. The highest BCUT2D eigenvalue weighted by Crippen LogP contribution is 2.39. The highest BCUT2D eigenvalue weighted by Gasteiger charge is 2.45. The first-order valence-electron chi connectivity index (χ1n) is 11.4. The summed E-state index contributed by atoms with van der Waals surface area (Å²) >= 11 is 0. The number of carbonyl (C=O) groups excluding carboxylic acids is 2. The number of hydrogen-bond donors (Lipinski definition) is 2. The second kappa shape index (κ2) is 10.2. The largest absolute Gasteiger partial charge is 0.508 e. The normalized spacial score (nSPS) is 20.9. The number of aromatic hydroxyl groups is 1. The molecule has 10 heteroatoms. The van der Waals surface area contributed by atoms with Crippen LogP contribution < -0.4 is 0 Å². The Kier molecular flexibility index (Phi) is 7.25. The van der Waals surface area contributed by atoms with E-state index in [-0.39, 0.29) is 34.9 Å². The summed E-state index contributed by atoms with van der Waals surface area (Å²) in [4.78, 5) is 27.2. The van der Waals surface area contributed by atoms with Crippen LogP contribution in [-0.4, -0.2) is 72.9 Å². The van der Waals surface area contributed by atoms with E-state index in [1.54, 1.807) is 12.1 Å². The van der Waals surface area contributed by atoms with E-state index < -0.39 is 33.5 Å². The number of ketones is 1. The van der Waals surface area contributed by atoms with Crippen LogP contribution in [0.4, 0.5) is 0 Å². The van der Waals surface area contributed by atoms with Crippen molar-refractivity contribution in [3.63, 3.8) is 0 Å². The van der Waals surface area contributed by atoms with E-state index in [0.717, 1.165) is 19.3 Å². The standard InChI is InChI=1S/C25H28N2O7S/c1-34-16-15-27-22(17-5-9-19(28)10-6-17)21(24(30)25(27)31)23(29)18-7-11-20(12-8-18)35(32,33)26-13-3-2-4-14-26/h5-12,22,28-29H,2-4,13-16H2,1H3. The van der Waals surface area contributed by atoms with Crippen molar-refractivity contribution in [2.24, 2.45) is 0 Å². The Bertz CT molecular complexity index is 1230. The Morgan fingerprint density at radius 3 is 2.23 bits per heavy atom. The van der Waals surface area contributed by atoms with Gasteiger partial charge in [-0.2, -0.15) is 4.31 Å². The molecule has 4 rings (SSSR count). The third-order valence-electron chi connectivity index (χ3n) is 6.37. The van der Waals surface area contributed by atoms with Crippen LogP contribution in [0.15, 0.2) is 59.0 Å². The van der Waals surface area contributed by atoms with Gasteiger partial charge in [0.2, 0.25) is 10.0 Å². The Morgan fingerprint density at radius 2 is 1.63 bits per heavy atom. The van der Waals surface area contributed by atoms with Gasteiger partial charge in [0, 0.05) is 32.3 Å². The molecule has 0 aliphatic carbocycles. The van der Waals surface area contributed by atoms with E-state index in [1.165, 1.54) is 52.7 Å². The van der Waals surface area contributed by atoms with E-state index in [0.29, 0.717) is 18.7 Å². The summed E-state index contributed by atoms with van der Waals surface area (Å²) in [5.74, 6) is -2.00. The SMILES string of the molecule is COCCN1C(=O)C(=O)C(=C(O)c2ccc(S(=O)(=O)N3CCCCC3)cc2)C1c1ccc(O)cc1. The zero-order valence-corrected chi connectivity index (χ0v) is 20.2. The fourth-order valence-electron chi connectivity index (χ4n) is 4.50. The van der Waals surface area contributed by atoms with Gasteiger partial charge >= 0.3 is 0 Å². The van der Waals surface area contributed by atoms with Crippen LogP contribution in [0, 0.1) is 0 Å². The monoisotopic (exact) mass is 500 g/mol. The summed E-state index contributed by atoms with van der Waals surface area (Å²) in [7, 11) is -2.17. The van der Waals surface area contributed by atoms with Crippen molar-refractivity contribution in [2.45, 2.75) is 30.2 Å². The average molecular weight is 501 g/mol. The molecule has 2 aliphatic heterocycles. The minimum Gasteiger partial charge on any atom is -0.508 e. The molecule has 9 nitrogen and oxygen atoms in total. The van der Waals surface area contributed by atoms with Gasteiger partial charge in [0.15, 0.2) is 0 Å². The smallest absolute Gasteiger partial charge is 0.295 e. The van der Waals surface area contributed by atoms with Gasteiger partial charge in [-0.25, -0.2) is 8.42 Å². The molecule has 35 heavy (non-hydrogen) atoms. The number of rotatable bonds is 7. The van der Waals surface area contributed by atoms with Crippen LogP contribution in [0.2, 0.25) is 0 Å². The van der Waals surface area contributed by atoms with Crippen molar-refractivity contribution >= 4 is 27.5 Å². The number of benzene rings is 2. The molecule has 1 atom stereocenters. The number of phenols is 1. The summed E-state index contributed by atoms with van der Waals surface area (Å²) in [6.45, 7) is 1.25. The Labute approximate surface area is 204 Å². The molecule has 2 fully saturated rings. The third kappa shape index (κ3) is 4.82. The van der Waals surface area contributed by atoms with Gasteiger partial charge in [0.25, 0.3) is 11.7 Å². The van der Waals surface area contributed by atoms with Crippen LogP contribution in [0.5, 0.6) is 5.75 Å². The van der Waals surface area contributed by atoms with Crippen molar-refractivity contribution in [3.8, 4) is 5.75 Å². The van der Waals surface area contributed by atoms with Crippen molar-refractivity contribution in [3.05, 3.63) is 65.2 Å². The minimum absolute atomic E-state index is 0.0214. The minimum atomic E-state index is -3.65. The molecule has 1 unspecified atom stereocenters. The lowest BCUT2D eigenvalue weighted by Crippen LogP contribution is -2.35. The predicted octanol–water partition coefficient (Wildman–Crippen LogP) is 2.63. The first-order chi connectivity index (χ1) is 16.8. The zero-order chi connectivity index (χ0) is 25.2. The molecular weight excluding hydrogens is 472 g/mol. The summed E-state index contributed by atoms with van der Waals surface area (Å²) in [6.07, 6.45) is 2.64. The van der Waals surface area contributed by atoms with E-state index in [4.69, 9.17) is 4.74 Å². The number of phenolic OH excluding ortho intramolecular Hbond substituents is 1. The number of methoxy groups -OCH3 is 1. The van der Waals surface area contributed by atoms with Crippen molar-refractivity contribution in [2.75, 3.05) is 33.4 Å². The van der Waals surface area contributed by atoms with Gasteiger partial charge in [0.1, 0.15) is 11.5 Å². The number of piperidine rings is 1. The Hall–Kier alpha value is -3.21. The molecule has 2 aromatic rings. The van der Waals surface area contributed by atoms with Gasteiger partial charge < -0.3 is 19.8 Å². The quantitative estimate of drug-likeness (QED) is 0.340. The predicted molar refractivity (Wildman–Crippen MR) is 128 cm³/mol. The van der Waals surface area contributed by atoms with Crippen LogP contribution >= 0.6 is 0 Å². The molecule has 0 radical (unpaired) electrons. The number of aliphatic hydroxyl groups excluding tert-OH is 1. The van der Waals surface area contributed by atoms with Gasteiger partial charge in [-0.1, -0.05) is 18.6 Å². The average Bonchev–Trinajstić information content (AvgIpc) is 3.13. The number of amides is 1. The highest BCUT2D eigenvalue weighted by molar-refractivity contribution is 7.89. The Morgan fingerprint density at radius 1 is 1.00 bits per heavy atom. The first kappa shape index (κ1) is 24.9. The van der Waals surface area contributed by atoms with Gasteiger partial charge in [-0.15, -0.1) is 0 Å². The topological polar surface area (TPSA) is 124 Å². The fourth-order valence-corrected chi connectivity index (χ4v) is 6.02. The first-order valence-corrected chi connectivity index (χ1v) is 12.9. The van der Waals surface area contributed by atoms with Crippen LogP contribution in [-0.2, 0) is 24.3 Å². The molecule has 0 bridgehead atoms. The zero-order valence-electron chi connectivity index (χ0n) is 19.4. The molecule has 0 aromatic heterocycles. The lowest BCUT2D eigenvalue weighted by Gasteiger charge is -2.26. The summed E-state index contributed by atoms with van der Waals surface area (Å²) in [5.41, 5.74) is 0.642. The van der Waals surface area contributed by atoms with Crippen LogP contribution in [0.3, 0.4) is 0 Å². The molecule has 2 N–H and O–H groups in total. The summed E-state index contributed by atoms with van der Waals surface area (Å²) < 4.78 is 32.4. The van der Waals surface area contributed by atoms with E-state index in [1.807, 2.05) is 0 Å². The van der Waals surface area contributed by atoms with Gasteiger partial charge in [-0.05, 0) is 54.8 Å². The molecule has 0 spiro atoms. The third-order valence-corrected chi connectivity index (χ3v) is 8.28. The summed E-state index contributed by atoms with van der Waals surface area (Å²) in [6, 6.07) is 10.8. The second-order valence-corrected chi connectivity index (χ2v) is 10.5. The number of likely N-dealkylation sites (tertiary alicyclic amines) is 1. The maximum Gasteiger partial charge on any atom is 0.295 e. The van der Waals surface area contributed by atoms with E-state index in [9.17, 15) is 28.2 Å². The molecule has 2 aromatic carbocycles. The number of ether oxygens (including phenoxy) is 1. The van der Waals surface area contributed by atoms with Crippen LogP contribution in [0.1, 0.15) is 36.4 Å².